The SMILES string of the molecule is COC(=O)c1nc(S(=O)(=O)Cl)ccc1Cl. The number of aromatic nitrogens is 1. The summed E-state index contributed by atoms with van der Waals surface area (Å²) in [4.78, 5) is 14.6. The van der Waals surface area contributed by atoms with Gasteiger partial charge in [-0.15, -0.1) is 0 Å². The van der Waals surface area contributed by atoms with E-state index in [2.05, 4.69) is 9.72 Å². The van der Waals surface area contributed by atoms with Gasteiger partial charge in [-0.2, -0.15) is 0 Å². The summed E-state index contributed by atoms with van der Waals surface area (Å²) in [6.07, 6.45) is 0. The highest BCUT2D eigenvalue weighted by atomic mass is 35.7. The zero-order valence-electron chi connectivity index (χ0n) is 7.40. The molecule has 0 atom stereocenters. The fourth-order valence-electron chi connectivity index (χ4n) is 0.800. The molecule has 15 heavy (non-hydrogen) atoms. The molecule has 8 heteroatoms. The molecule has 1 heterocycles. The molecule has 0 radical (unpaired) electrons. The van der Waals surface area contributed by atoms with E-state index in [1.807, 2.05) is 0 Å². The van der Waals surface area contributed by atoms with Crippen LogP contribution >= 0.6 is 22.3 Å². The van der Waals surface area contributed by atoms with E-state index in [4.69, 9.17) is 22.3 Å². The lowest BCUT2D eigenvalue weighted by Crippen LogP contribution is -2.08. The van der Waals surface area contributed by atoms with E-state index >= 15 is 0 Å². The van der Waals surface area contributed by atoms with Crippen molar-refractivity contribution in [1.29, 1.82) is 0 Å². The van der Waals surface area contributed by atoms with Gasteiger partial charge in [0.1, 0.15) is 0 Å². The molecule has 0 bridgehead atoms. The number of hydrogen-bond donors (Lipinski definition) is 0. The van der Waals surface area contributed by atoms with Gasteiger partial charge in [-0.05, 0) is 12.1 Å². The molecule has 5 nitrogen and oxygen atoms in total. The molecule has 0 spiro atoms. The summed E-state index contributed by atoms with van der Waals surface area (Å²) in [6, 6.07) is 2.30. The van der Waals surface area contributed by atoms with E-state index in [9.17, 15) is 13.2 Å². The lowest BCUT2D eigenvalue weighted by atomic mass is 10.3. The predicted molar refractivity (Wildman–Crippen MR) is 53.6 cm³/mol. The summed E-state index contributed by atoms with van der Waals surface area (Å²) in [6.45, 7) is 0. The number of carbonyl (C=O) groups excluding carboxylic acids is 1. The van der Waals surface area contributed by atoms with Gasteiger partial charge in [0.2, 0.25) is 0 Å². The van der Waals surface area contributed by atoms with Crippen molar-refractivity contribution in [2.24, 2.45) is 0 Å². The Balaban J connectivity index is 3.36. The molecule has 0 aliphatic carbocycles. The van der Waals surface area contributed by atoms with Crippen LogP contribution in [0.1, 0.15) is 10.5 Å². The van der Waals surface area contributed by atoms with Crippen molar-refractivity contribution in [3.63, 3.8) is 0 Å². The van der Waals surface area contributed by atoms with Crippen LogP contribution in [-0.4, -0.2) is 26.5 Å². The van der Waals surface area contributed by atoms with Gasteiger partial charge in [-0.3, -0.25) is 0 Å². The zero-order chi connectivity index (χ0) is 11.6. The molecule has 0 N–H and O–H groups in total. The fraction of sp³-hybridized carbons (Fsp3) is 0.143. The number of esters is 1. The van der Waals surface area contributed by atoms with Gasteiger partial charge in [0.15, 0.2) is 10.7 Å². The van der Waals surface area contributed by atoms with E-state index in [-0.39, 0.29) is 10.7 Å². The van der Waals surface area contributed by atoms with Crippen molar-refractivity contribution in [3.05, 3.63) is 22.8 Å². The van der Waals surface area contributed by atoms with Crippen LogP contribution in [-0.2, 0) is 13.8 Å². The second kappa shape index (κ2) is 4.34. The van der Waals surface area contributed by atoms with E-state index < -0.39 is 20.0 Å². The number of carbonyl (C=O) groups is 1. The summed E-state index contributed by atoms with van der Waals surface area (Å²) < 4.78 is 26.2. The molecule has 0 fully saturated rings. The van der Waals surface area contributed by atoms with Crippen LogP contribution in [0.25, 0.3) is 0 Å². The maximum atomic E-state index is 11.1. The zero-order valence-corrected chi connectivity index (χ0v) is 9.73. The van der Waals surface area contributed by atoms with Crippen molar-refractivity contribution < 1.29 is 17.9 Å². The molecule has 1 aromatic rings. The Morgan fingerprint density at radius 2 is 2.07 bits per heavy atom. The third-order valence-electron chi connectivity index (χ3n) is 1.45. The van der Waals surface area contributed by atoms with Crippen molar-refractivity contribution in [3.8, 4) is 0 Å². The lowest BCUT2D eigenvalue weighted by molar-refractivity contribution is 0.0593. The molecule has 0 amide bonds. The number of methoxy groups -OCH3 is 1. The van der Waals surface area contributed by atoms with Crippen LogP contribution in [0.15, 0.2) is 17.2 Å². The first-order chi connectivity index (χ1) is 6.86. The van der Waals surface area contributed by atoms with Crippen LogP contribution in [0.3, 0.4) is 0 Å². The average molecular weight is 270 g/mol. The summed E-state index contributed by atoms with van der Waals surface area (Å²) >= 11 is 5.62. The Kier molecular flexibility index (Phi) is 3.54. The van der Waals surface area contributed by atoms with Gasteiger partial charge in [0, 0.05) is 10.7 Å². The molecule has 0 saturated heterocycles. The summed E-state index contributed by atoms with van der Waals surface area (Å²) in [5, 5.41) is -0.458. The molecule has 0 aliphatic heterocycles. The van der Waals surface area contributed by atoms with E-state index in [0.29, 0.717) is 0 Å². The Labute approximate surface area is 95.4 Å². The van der Waals surface area contributed by atoms with Gasteiger partial charge in [-0.1, -0.05) is 11.6 Å². The average Bonchev–Trinajstić information content (AvgIpc) is 2.15. The van der Waals surface area contributed by atoms with Crippen molar-refractivity contribution >= 4 is 37.3 Å². The minimum Gasteiger partial charge on any atom is -0.464 e. The van der Waals surface area contributed by atoms with Crippen LogP contribution in [0, 0.1) is 0 Å². The summed E-state index contributed by atoms with van der Waals surface area (Å²) in [5.74, 6) is -0.831. The van der Waals surface area contributed by atoms with Crippen LogP contribution in [0.2, 0.25) is 5.02 Å². The molecular weight excluding hydrogens is 265 g/mol. The highest BCUT2D eigenvalue weighted by Crippen LogP contribution is 2.19. The van der Waals surface area contributed by atoms with Crippen LogP contribution in [0.4, 0.5) is 0 Å². The second-order valence-electron chi connectivity index (χ2n) is 2.41. The Hall–Kier alpha value is -0.850. The maximum Gasteiger partial charge on any atom is 0.358 e. The largest absolute Gasteiger partial charge is 0.464 e. The van der Waals surface area contributed by atoms with Gasteiger partial charge >= 0.3 is 5.97 Å². The monoisotopic (exact) mass is 269 g/mol. The van der Waals surface area contributed by atoms with E-state index in [1.165, 1.54) is 6.07 Å². The Bertz CT molecular complexity index is 500. The minimum atomic E-state index is -3.99. The normalized spacial score (nSPS) is 11.1. The number of halogens is 2. The van der Waals surface area contributed by atoms with Crippen LogP contribution < -0.4 is 0 Å². The highest BCUT2D eigenvalue weighted by Gasteiger charge is 2.18. The first-order valence-corrected chi connectivity index (χ1v) is 6.24. The predicted octanol–water partition coefficient (Wildman–Crippen LogP) is 1.45. The fourth-order valence-corrected chi connectivity index (χ4v) is 1.67. The van der Waals surface area contributed by atoms with Gasteiger partial charge in [0.05, 0.1) is 12.1 Å². The molecule has 0 unspecified atom stereocenters. The molecular formula is C7H5Cl2NO4S. The summed E-state index contributed by atoms with van der Waals surface area (Å²) in [5.41, 5.74) is -0.291. The minimum absolute atomic E-state index is 0.00841. The molecule has 0 aliphatic rings. The molecule has 0 saturated carbocycles. The van der Waals surface area contributed by atoms with Crippen LogP contribution in [0.5, 0.6) is 0 Å². The van der Waals surface area contributed by atoms with Crippen molar-refractivity contribution in [1.82, 2.24) is 4.98 Å². The molecule has 1 aromatic heterocycles. The first-order valence-electron chi connectivity index (χ1n) is 3.56. The summed E-state index contributed by atoms with van der Waals surface area (Å²) in [7, 11) is 2.18. The number of hydrogen-bond acceptors (Lipinski definition) is 5. The lowest BCUT2D eigenvalue weighted by Gasteiger charge is -2.02. The second-order valence-corrected chi connectivity index (χ2v) is 5.33. The maximum absolute atomic E-state index is 11.1. The number of pyridine rings is 1. The standard InChI is InChI=1S/C7H5Cl2NO4S/c1-14-7(11)6-4(8)2-3-5(10-6)15(9,12)13/h2-3H,1H3. The highest BCUT2D eigenvalue weighted by molar-refractivity contribution is 8.13. The number of rotatable bonds is 2. The van der Waals surface area contributed by atoms with E-state index in [1.54, 1.807) is 0 Å². The number of ether oxygens (including phenoxy) is 1. The first kappa shape index (κ1) is 12.2. The molecule has 82 valence electrons. The Morgan fingerprint density at radius 3 is 2.53 bits per heavy atom. The smallest absolute Gasteiger partial charge is 0.358 e. The topological polar surface area (TPSA) is 73.3 Å². The van der Waals surface area contributed by atoms with Crippen molar-refractivity contribution in [2.45, 2.75) is 5.03 Å². The Morgan fingerprint density at radius 1 is 1.47 bits per heavy atom. The third kappa shape index (κ3) is 2.80. The van der Waals surface area contributed by atoms with Crippen molar-refractivity contribution in [2.75, 3.05) is 7.11 Å². The van der Waals surface area contributed by atoms with Gasteiger partial charge in [-0.25, -0.2) is 18.2 Å². The molecule has 1 rings (SSSR count). The number of nitrogens with zero attached hydrogens (tertiary/aromatic N) is 1. The molecule has 0 aromatic carbocycles. The quantitative estimate of drug-likeness (QED) is 0.600. The van der Waals surface area contributed by atoms with E-state index in [0.717, 1.165) is 13.2 Å². The third-order valence-corrected chi connectivity index (χ3v) is 2.96. The van der Waals surface area contributed by atoms with Gasteiger partial charge in [0.25, 0.3) is 9.05 Å². The van der Waals surface area contributed by atoms with Gasteiger partial charge < -0.3 is 4.74 Å².